The number of nitrogens with zero attached hydrogens (tertiary/aromatic N) is 3. The van der Waals surface area contributed by atoms with E-state index in [1.807, 2.05) is 18.2 Å². The molecule has 2 heterocycles. The maximum absolute atomic E-state index is 5.88. The highest BCUT2D eigenvalue weighted by Gasteiger charge is 2.20. The molecule has 0 bridgehead atoms. The van der Waals surface area contributed by atoms with Gasteiger partial charge in [-0.25, -0.2) is 4.98 Å². The van der Waals surface area contributed by atoms with E-state index in [-0.39, 0.29) is 0 Å². The Kier molecular flexibility index (Phi) is 3.79. The summed E-state index contributed by atoms with van der Waals surface area (Å²) in [5.74, 6) is 0. The van der Waals surface area contributed by atoms with Crippen molar-refractivity contribution in [1.29, 1.82) is 0 Å². The molecule has 0 radical (unpaired) electrons. The van der Waals surface area contributed by atoms with E-state index in [2.05, 4.69) is 28.8 Å². The first kappa shape index (κ1) is 11.8. The Bertz CT molecular complexity index is 356. The summed E-state index contributed by atoms with van der Waals surface area (Å²) in [5.41, 5.74) is 1.06. The number of rotatable bonds is 2. The van der Waals surface area contributed by atoms with Gasteiger partial charge in [-0.1, -0.05) is 17.7 Å². The minimum Gasteiger partial charge on any atom is -0.301 e. The lowest BCUT2D eigenvalue weighted by molar-refractivity contribution is 0.0991. The van der Waals surface area contributed by atoms with Crippen LogP contribution in [-0.2, 0) is 6.54 Å². The van der Waals surface area contributed by atoms with Crippen LogP contribution >= 0.6 is 11.6 Å². The molecule has 1 saturated heterocycles. The fourth-order valence-corrected chi connectivity index (χ4v) is 2.22. The molecule has 3 nitrogen and oxygen atoms in total. The predicted octanol–water partition coefficient (Wildman–Crippen LogP) is 1.87. The fraction of sp³-hybridized carbons (Fsp3) is 0.583. The average molecular weight is 240 g/mol. The zero-order valence-electron chi connectivity index (χ0n) is 9.86. The standard InChI is InChI=1S/C12H18ClN3/c1-10-8-16(7-6-15(10)2)9-11-4-3-5-12(13)14-11/h3-5,10H,6-9H2,1-2H3. The van der Waals surface area contributed by atoms with E-state index in [0.717, 1.165) is 31.9 Å². The number of piperazine rings is 1. The number of likely N-dealkylation sites (N-methyl/N-ethyl adjacent to an activating group) is 1. The van der Waals surface area contributed by atoms with Crippen molar-refractivity contribution in [2.45, 2.75) is 19.5 Å². The molecule has 1 aliphatic rings. The van der Waals surface area contributed by atoms with Crippen molar-refractivity contribution in [3.05, 3.63) is 29.0 Å². The maximum atomic E-state index is 5.88. The lowest BCUT2D eigenvalue weighted by Gasteiger charge is -2.37. The van der Waals surface area contributed by atoms with Crippen molar-refractivity contribution < 1.29 is 0 Å². The highest BCUT2D eigenvalue weighted by Crippen LogP contribution is 2.12. The van der Waals surface area contributed by atoms with Crippen LogP contribution in [0.3, 0.4) is 0 Å². The highest BCUT2D eigenvalue weighted by atomic mass is 35.5. The third kappa shape index (κ3) is 2.94. The fourth-order valence-electron chi connectivity index (χ4n) is 2.03. The number of hydrogen-bond acceptors (Lipinski definition) is 3. The molecule has 1 aromatic heterocycles. The Morgan fingerprint density at radius 1 is 1.44 bits per heavy atom. The normalized spacial score (nSPS) is 23.6. The molecule has 0 spiro atoms. The molecule has 1 fully saturated rings. The molecule has 88 valence electrons. The zero-order chi connectivity index (χ0) is 11.5. The van der Waals surface area contributed by atoms with Gasteiger partial charge in [-0.05, 0) is 26.1 Å². The summed E-state index contributed by atoms with van der Waals surface area (Å²) >= 11 is 5.88. The van der Waals surface area contributed by atoms with E-state index in [1.165, 1.54) is 0 Å². The number of halogens is 1. The Morgan fingerprint density at radius 3 is 2.94 bits per heavy atom. The predicted molar refractivity (Wildman–Crippen MR) is 66.6 cm³/mol. The molecular weight excluding hydrogens is 222 g/mol. The summed E-state index contributed by atoms with van der Waals surface area (Å²) in [6, 6.07) is 6.43. The van der Waals surface area contributed by atoms with Crippen molar-refractivity contribution in [2.24, 2.45) is 0 Å². The second kappa shape index (κ2) is 5.13. The topological polar surface area (TPSA) is 19.4 Å². The van der Waals surface area contributed by atoms with Crippen molar-refractivity contribution in [1.82, 2.24) is 14.8 Å². The van der Waals surface area contributed by atoms with Gasteiger partial charge >= 0.3 is 0 Å². The van der Waals surface area contributed by atoms with Gasteiger partial charge < -0.3 is 4.90 Å². The van der Waals surface area contributed by atoms with Crippen LogP contribution in [0.15, 0.2) is 18.2 Å². The molecule has 0 N–H and O–H groups in total. The van der Waals surface area contributed by atoms with Crippen LogP contribution in [0.4, 0.5) is 0 Å². The van der Waals surface area contributed by atoms with E-state index in [1.54, 1.807) is 0 Å². The smallest absolute Gasteiger partial charge is 0.129 e. The summed E-state index contributed by atoms with van der Waals surface area (Å²) in [5, 5.41) is 0.583. The van der Waals surface area contributed by atoms with Gasteiger partial charge in [0.25, 0.3) is 0 Å². The third-order valence-electron chi connectivity index (χ3n) is 3.20. The van der Waals surface area contributed by atoms with Crippen LogP contribution in [0.5, 0.6) is 0 Å². The molecule has 0 aromatic carbocycles. The minimum absolute atomic E-state index is 0.583. The molecule has 0 aliphatic carbocycles. The van der Waals surface area contributed by atoms with Crippen molar-refractivity contribution >= 4 is 11.6 Å². The van der Waals surface area contributed by atoms with E-state index in [0.29, 0.717) is 11.2 Å². The van der Waals surface area contributed by atoms with Crippen molar-refractivity contribution in [3.8, 4) is 0 Å². The van der Waals surface area contributed by atoms with Gasteiger partial charge in [-0.3, -0.25) is 4.90 Å². The second-order valence-corrected chi connectivity index (χ2v) is 4.90. The van der Waals surface area contributed by atoms with Crippen molar-refractivity contribution in [3.63, 3.8) is 0 Å². The third-order valence-corrected chi connectivity index (χ3v) is 3.41. The van der Waals surface area contributed by atoms with Crippen LogP contribution < -0.4 is 0 Å². The minimum atomic E-state index is 0.583. The van der Waals surface area contributed by atoms with E-state index in [4.69, 9.17) is 11.6 Å². The summed E-state index contributed by atoms with van der Waals surface area (Å²) in [6.45, 7) is 6.50. The molecule has 16 heavy (non-hydrogen) atoms. The van der Waals surface area contributed by atoms with Gasteiger partial charge in [0.15, 0.2) is 0 Å². The SMILES string of the molecule is CC1CN(Cc2cccc(Cl)n2)CCN1C. The number of aromatic nitrogens is 1. The van der Waals surface area contributed by atoms with E-state index in [9.17, 15) is 0 Å². The zero-order valence-corrected chi connectivity index (χ0v) is 10.6. The number of hydrogen-bond donors (Lipinski definition) is 0. The molecule has 1 aliphatic heterocycles. The molecular formula is C12H18ClN3. The Balaban J connectivity index is 1.95. The summed E-state index contributed by atoms with van der Waals surface area (Å²) < 4.78 is 0. The quantitative estimate of drug-likeness (QED) is 0.735. The molecule has 1 aromatic rings. The summed E-state index contributed by atoms with van der Waals surface area (Å²) in [6.07, 6.45) is 0. The lowest BCUT2D eigenvalue weighted by atomic mass is 10.2. The molecule has 0 saturated carbocycles. The monoisotopic (exact) mass is 239 g/mol. The highest BCUT2D eigenvalue weighted by molar-refractivity contribution is 6.29. The van der Waals surface area contributed by atoms with Gasteiger partial charge in [0.05, 0.1) is 5.69 Å². The van der Waals surface area contributed by atoms with Crippen LogP contribution in [-0.4, -0.2) is 47.5 Å². The van der Waals surface area contributed by atoms with Crippen LogP contribution in [0.25, 0.3) is 0 Å². The average Bonchev–Trinajstić information content (AvgIpc) is 2.24. The van der Waals surface area contributed by atoms with Crippen molar-refractivity contribution in [2.75, 3.05) is 26.7 Å². The van der Waals surface area contributed by atoms with Crippen LogP contribution in [0.2, 0.25) is 5.15 Å². The van der Waals surface area contributed by atoms with Gasteiger partial charge in [0, 0.05) is 32.2 Å². The lowest BCUT2D eigenvalue weighted by Crippen LogP contribution is -2.49. The molecule has 0 amide bonds. The second-order valence-electron chi connectivity index (χ2n) is 4.52. The van der Waals surface area contributed by atoms with E-state index >= 15 is 0 Å². The van der Waals surface area contributed by atoms with Gasteiger partial charge in [-0.2, -0.15) is 0 Å². The number of pyridine rings is 1. The van der Waals surface area contributed by atoms with Gasteiger partial charge in [0.1, 0.15) is 5.15 Å². The first-order valence-corrected chi connectivity index (χ1v) is 6.07. The van der Waals surface area contributed by atoms with Crippen LogP contribution in [0.1, 0.15) is 12.6 Å². The molecule has 1 unspecified atom stereocenters. The van der Waals surface area contributed by atoms with E-state index < -0.39 is 0 Å². The largest absolute Gasteiger partial charge is 0.301 e. The molecule has 4 heteroatoms. The van der Waals surface area contributed by atoms with Crippen LogP contribution in [0, 0.1) is 0 Å². The van der Waals surface area contributed by atoms with Gasteiger partial charge in [-0.15, -0.1) is 0 Å². The molecule has 2 rings (SSSR count). The first-order chi connectivity index (χ1) is 7.65. The summed E-state index contributed by atoms with van der Waals surface area (Å²) in [4.78, 5) is 9.15. The Hall–Kier alpha value is -0.640. The van der Waals surface area contributed by atoms with Gasteiger partial charge in [0.2, 0.25) is 0 Å². The molecule has 1 atom stereocenters. The maximum Gasteiger partial charge on any atom is 0.129 e. The Labute approximate surface area is 102 Å². The Morgan fingerprint density at radius 2 is 2.25 bits per heavy atom. The first-order valence-electron chi connectivity index (χ1n) is 5.69. The summed E-state index contributed by atoms with van der Waals surface area (Å²) in [7, 11) is 2.18.